The lowest BCUT2D eigenvalue weighted by molar-refractivity contribution is 0.630. The van der Waals surface area contributed by atoms with Gasteiger partial charge in [-0.1, -0.05) is 15.9 Å². The second kappa shape index (κ2) is 5.09. The molecule has 1 aromatic heterocycles. The van der Waals surface area contributed by atoms with Crippen LogP contribution in [-0.4, -0.2) is 9.97 Å². The van der Waals surface area contributed by atoms with E-state index in [1.165, 1.54) is 6.07 Å². The van der Waals surface area contributed by atoms with Gasteiger partial charge in [0.1, 0.15) is 11.6 Å². The highest BCUT2D eigenvalue weighted by molar-refractivity contribution is 9.10. The van der Waals surface area contributed by atoms with Crippen LogP contribution in [0.2, 0.25) is 0 Å². The molecule has 0 bridgehead atoms. The number of H-pyrrole nitrogens is 1. The number of halogens is 2. The van der Waals surface area contributed by atoms with Crippen molar-refractivity contribution in [1.82, 2.24) is 9.97 Å². The maximum atomic E-state index is 13.8. The lowest BCUT2D eigenvalue weighted by atomic mass is 10.1. The molecular formula is C15H11BrFN3. The maximum Gasteiger partial charge on any atom is 0.137 e. The molecule has 1 heterocycles. The van der Waals surface area contributed by atoms with Gasteiger partial charge in [-0.3, -0.25) is 0 Å². The minimum atomic E-state index is -0.291. The van der Waals surface area contributed by atoms with Crippen molar-refractivity contribution in [3.63, 3.8) is 0 Å². The first-order valence-electron chi connectivity index (χ1n) is 6.00. The summed E-state index contributed by atoms with van der Waals surface area (Å²) in [5, 5.41) is 0. The number of nitrogen functional groups attached to an aromatic ring is 1. The molecule has 0 fully saturated rings. The minimum Gasteiger partial charge on any atom is -0.399 e. The summed E-state index contributed by atoms with van der Waals surface area (Å²) in [5.41, 5.74) is 8.36. The molecule has 0 aliphatic rings. The van der Waals surface area contributed by atoms with E-state index >= 15 is 0 Å². The van der Waals surface area contributed by atoms with Crippen molar-refractivity contribution in [2.75, 3.05) is 5.73 Å². The molecule has 0 aliphatic heterocycles. The molecule has 100 valence electrons. The van der Waals surface area contributed by atoms with E-state index in [4.69, 9.17) is 5.73 Å². The third-order valence-corrected chi connectivity index (χ3v) is 3.47. The molecule has 5 heteroatoms. The van der Waals surface area contributed by atoms with E-state index in [1.807, 2.05) is 12.1 Å². The maximum absolute atomic E-state index is 13.8. The Morgan fingerprint density at radius 1 is 1.10 bits per heavy atom. The molecule has 20 heavy (non-hydrogen) atoms. The Hall–Kier alpha value is -2.14. The first-order chi connectivity index (χ1) is 9.63. The molecule has 3 rings (SSSR count). The molecule has 0 spiro atoms. The van der Waals surface area contributed by atoms with E-state index in [2.05, 4.69) is 25.9 Å². The van der Waals surface area contributed by atoms with Crippen LogP contribution < -0.4 is 5.73 Å². The van der Waals surface area contributed by atoms with E-state index in [1.54, 1.807) is 30.5 Å². The second-order valence-corrected chi connectivity index (χ2v) is 5.31. The monoisotopic (exact) mass is 331 g/mol. The summed E-state index contributed by atoms with van der Waals surface area (Å²) < 4.78 is 14.7. The van der Waals surface area contributed by atoms with Crippen molar-refractivity contribution < 1.29 is 4.39 Å². The fourth-order valence-electron chi connectivity index (χ4n) is 1.95. The van der Waals surface area contributed by atoms with Crippen LogP contribution in [-0.2, 0) is 0 Å². The number of nitrogens with one attached hydrogen (secondary N) is 1. The van der Waals surface area contributed by atoms with Crippen LogP contribution in [0.25, 0.3) is 22.6 Å². The van der Waals surface area contributed by atoms with Crippen LogP contribution in [0.15, 0.2) is 53.1 Å². The zero-order valence-electron chi connectivity index (χ0n) is 10.4. The Bertz CT molecular complexity index is 750. The Labute approximate surface area is 123 Å². The molecule has 0 saturated heterocycles. The van der Waals surface area contributed by atoms with Crippen LogP contribution in [0.1, 0.15) is 0 Å². The minimum absolute atomic E-state index is 0.291. The van der Waals surface area contributed by atoms with Crippen molar-refractivity contribution >= 4 is 21.6 Å². The lowest BCUT2D eigenvalue weighted by Crippen LogP contribution is -1.86. The molecular weight excluding hydrogens is 321 g/mol. The van der Waals surface area contributed by atoms with Gasteiger partial charge in [-0.15, -0.1) is 0 Å². The van der Waals surface area contributed by atoms with Crippen LogP contribution in [0.5, 0.6) is 0 Å². The average molecular weight is 332 g/mol. The number of imidazole rings is 1. The van der Waals surface area contributed by atoms with E-state index in [0.29, 0.717) is 22.8 Å². The number of benzene rings is 2. The number of hydrogen-bond acceptors (Lipinski definition) is 2. The standard InChI is InChI=1S/C15H11BrFN3/c16-10-3-6-13(17)12(7-10)14-8-19-15(20-14)9-1-4-11(18)5-2-9/h1-8H,18H2,(H,19,20). The number of anilines is 1. The van der Waals surface area contributed by atoms with E-state index in [-0.39, 0.29) is 5.82 Å². The Balaban J connectivity index is 2.01. The van der Waals surface area contributed by atoms with Crippen molar-refractivity contribution in [3.05, 3.63) is 59.0 Å². The highest BCUT2D eigenvalue weighted by Crippen LogP contribution is 2.27. The molecule has 0 unspecified atom stereocenters. The number of aromatic nitrogens is 2. The van der Waals surface area contributed by atoms with Gasteiger partial charge in [0, 0.05) is 21.3 Å². The Morgan fingerprint density at radius 3 is 2.60 bits per heavy atom. The van der Waals surface area contributed by atoms with Gasteiger partial charge in [0.05, 0.1) is 11.9 Å². The highest BCUT2D eigenvalue weighted by atomic mass is 79.9. The summed E-state index contributed by atoms with van der Waals surface area (Å²) in [6, 6.07) is 12.1. The van der Waals surface area contributed by atoms with E-state index in [9.17, 15) is 4.39 Å². The number of nitrogens with two attached hydrogens (primary N) is 1. The topological polar surface area (TPSA) is 54.7 Å². The number of nitrogens with zero attached hydrogens (tertiary/aromatic N) is 1. The Morgan fingerprint density at radius 2 is 1.85 bits per heavy atom. The summed E-state index contributed by atoms with van der Waals surface area (Å²) in [5.74, 6) is 0.389. The fraction of sp³-hybridized carbons (Fsp3) is 0. The van der Waals surface area contributed by atoms with Gasteiger partial charge in [0.2, 0.25) is 0 Å². The Kier molecular flexibility index (Phi) is 3.28. The molecule has 0 aliphatic carbocycles. The fourth-order valence-corrected chi connectivity index (χ4v) is 2.31. The predicted molar refractivity (Wildman–Crippen MR) is 81.5 cm³/mol. The van der Waals surface area contributed by atoms with Gasteiger partial charge in [0.25, 0.3) is 0 Å². The molecule has 0 saturated carbocycles. The molecule has 0 amide bonds. The van der Waals surface area contributed by atoms with Gasteiger partial charge in [-0.05, 0) is 42.5 Å². The summed E-state index contributed by atoms with van der Waals surface area (Å²) in [7, 11) is 0. The molecule has 0 radical (unpaired) electrons. The first-order valence-corrected chi connectivity index (χ1v) is 6.79. The molecule has 3 aromatic rings. The van der Waals surface area contributed by atoms with Gasteiger partial charge >= 0.3 is 0 Å². The van der Waals surface area contributed by atoms with Crippen LogP contribution >= 0.6 is 15.9 Å². The molecule has 3 nitrogen and oxygen atoms in total. The molecule has 3 N–H and O–H groups in total. The lowest BCUT2D eigenvalue weighted by Gasteiger charge is -2.01. The van der Waals surface area contributed by atoms with Gasteiger partial charge in [-0.25, -0.2) is 9.37 Å². The van der Waals surface area contributed by atoms with E-state index in [0.717, 1.165) is 10.0 Å². The van der Waals surface area contributed by atoms with Gasteiger partial charge in [-0.2, -0.15) is 0 Å². The number of rotatable bonds is 2. The van der Waals surface area contributed by atoms with Gasteiger partial charge < -0.3 is 10.7 Å². The average Bonchev–Trinajstić information content (AvgIpc) is 2.92. The molecule has 0 atom stereocenters. The zero-order chi connectivity index (χ0) is 14.1. The van der Waals surface area contributed by atoms with Gasteiger partial charge in [0.15, 0.2) is 0 Å². The van der Waals surface area contributed by atoms with E-state index < -0.39 is 0 Å². The summed E-state index contributed by atoms with van der Waals surface area (Å²) >= 11 is 3.34. The third-order valence-electron chi connectivity index (χ3n) is 2.98. The SMILES string of the molecule is Nc1ccc(-c2ncc(-c3cc(Br)ccc3F)[nH]2)cc1. The summed E-state index contributed by atoms with van der Waals surface area (Å²) in [4.78, 5) is 7.41. The summed E-state index contributed by atoms with van der Waals surface area (Å²) in [6.45, 7) is 0. The smallest absolute Gasteiger partial charge is 0.137 e. The summed E-state index contributed by atoms with van der Waals surface area (Å²) in [6.07, 6.45) is 1.62. The van der Waals surface area contributed by atoms with Crippen molar-refractivity contribution in [1.29, 1.82) is 0 Å². The first kappa shape index (κ1) is 12.9. The molecule has 2 aromatic carbocycles. The van der Waals surface area contributed by atoms with Crippen LogP contribution in [0.4, 0.5) is 10.1 Å². The normalized spacial score (nSPS) is 10.7. The number of hydrogen-bond donors (Lipinski definition) is 2. The van der Waals surface area contributed by atoms with Crippen molar-refractivity contribution in [2.24, 2.45) is 0 Å². The second-order valence-electron chi connectivity index (χ2n) is 4.39. The van der Waals surface area contributed by atoms with Crippen LogP contribution in [0, 0.1) is 5.82 Å². The predicted octanol–water partition coefficient (Wildman–Crippen LogP) is 4.23. The highest BCUT2D eigenvalue weighted by Gasteiger charge is 2.10. The van der Waals surface area contributed by atoms with Crippen LogP contribution in [0.3, 0.4) is 0 Å². The number of aromatic amines is 1. The van der Waals surface area contributed by atoms with Crippen molar-refractivity contribution in [3.8, 4) is 22.6 Å². The van der Waals surface area contributed by atoms with Crippen molar-refractivity contribution in [2.45, 2.75) is 0 Å². The quantitative estimate of drug-likeness (QED) is 0.690. The zero-order valence-corrected chi connectivity index (χ0v) is 12.0. The largest absolute Gasteiger partial charge is 0.399 e. The third kappa shape index (κ3) is 2.44.